The first-order chi connectivity index (χ1) is 17.8. The van der Waals surface area contributed by atoms with E-state index in [9.17, 15) is 9.59 Å². The van der Waals surface area contributed by atoms with Gasteiger partial charge in [-0.15, -0.1) is 21.5 Å². The summed E-state index contributed by atoms with van der Waals surface area (Å²) >= 11 is 9.48. The van der Waals surface area contributed by atoms with E-state index in [2.05, 4.69) is 33.7 Å². The van der Waals surface area contributed by atoms with E-state index in [4.69, 9.17) is 11.6 Å². The molecule has 0 aliphatic carbocycles. The zero-order valence-electron chi connectivity index (χ0n) is 21.2. The lowest BCUT2D eigenvalue weighted by atomic mass is 9.73. The Labute approximate surface area is 230 Å². The summed E-state index contributed by atoms with van der Waals surface area (Å²) in [4.78, 5) is 30.1. The van der Waals surface area contributed by atoms with Crippen molar-refractivity contribution in [3.63, 3.8) is 0 Å². The summed E-state index contributed by atoms with van der Waals surface area (Å²) in [5.74, 6) is -0.393. The van der Waals surface area contributed by atoms with E-state index in [0.29, 0.717) is 28.8 Å². The van der Waals surface area contributed by atoms with Gasteiger partial charge in [0.05, 0.1) is 16.0 Å². The molecule has 0 aliphatic heterocycles. The lowest BCUT2D eigenvalue weighted by Gasteiger charge is -2.32. The highest BCUT2D eigenvalue weighted by atomic mass is 35.5. The number of amides is 2. The van der Waals surface area contributed by atoms with Crippen LogP contribution in [0, 0.1) is 5.41 Å². The Balaban J connectivity index is 1.68. The molecule has 0 aliphatic rings. The average molecular weight is 553 g/mol. The molecule has 2 heterocycles. The molecule has 6 nitrogen and oxygen atoms in total. The second-order valence-corrected chi connectivity index (χ2v) is 11.5. The second kappa shape index (κ2) is 11.5. The first-order valence-electron chi connectivity index (χ1n) is 12.1. The predicted octanol–water partition coefficient (Wildman–Crippen LogP) is 7.20. The standard InChI is InChI=1S/C28H29ClN4O2S2/c1-5-33(6-2)25(34)20-13-12-19(16-21(20)29)22-14-15-23(37-22)24(18-10-8-7-9-11-18)28(3,4)26(35)31-27-32-30-17-36-27/h7-17,24H,5-6H2,1-4H3,(H,31,32,35). The van der Waals surface area contributed by atoms with Crippen LogP contribution in [-0.2, 0) is 4.79 Å². The lowest BCUT2D eigenvalue weighted by molar-refractivity contribution is -0.124. The van der Waals surface area contributed by atoms with Gasteiger partial charge in [0.2, 0.25) is 11.0 Å². The summed E-state index contributed by atoms with van der Waals surface area (Å²) in [6, 6.07) is 19.7. The van der Waals surface area contributed by atoms with Gasteiger partial charge in [-0.25, -0.2) is 0 Å². The molecular weight excluding hydrogens is 524 g/mol. The quantitative estimate of drug-likeness (QED) is 0.238. The number of benzene rings is 2. The van der Waals surface area contributed by atoms with Gasteiger partial charge in [-0.1, -0.05) is 73.2 Å². The largest absolute Gasteiger partial charge is 0.339 e. The van der Waals surface area contributed by atoms with E-state index >= 15 is 0 Å². The number of nitrogens with zero attached hydrogens (tertiary/aromatic N) is 3. The Morgan fingerprint density at radius 3 is 2.41 bits per heavy atom. The van der Waals surface area contributed by atoms with Crippen LogP contribution in [0.15, 0.2) is 66.2 Å². The highest BCUT2D eigenvalue weighted by Gasteiger charge is 2.40. The van der Waals surface area contributed by atoms with Gasteiger partial charge in [-0.2, -0.15) is 0 Å². The van der Waals surface area contributed by atoms with Crippen molar-refractivity contribution in [2.24, 2.45) is 5.41 Å². The molecule has 192 valence electrons. The molecule has 2 amide bonds. The van der Waals surface area contributed by atoms with Gasteiger partial charge in [-0.3, -0.25) is 9.59 Å². The molecule has 1 atom stereocenters. The second-order valence-electron chi connectivity index (χ2n) is 9.14. The van der Waals surface area contributed by atoms with Crippen LogP contribution < -0.4 is 5.32 Å². The maximum absolute atomic E-state index is 13.4. The van der Waals surface area contributed by atoms with Crippen molar-refractivity contribution in [2.75, 3.05) is 18.4 Å². The maximum atomic E-state index is 13.4. The molecule has 2 aromatic heterocycles. The van der Waals surface area contributed by atoms with Crippen LogP contribution in [0.4, 0.5) is 5.13 Å². The van der Waals surface area contributed by atoms with Gasteiger partial charge in [0.1, 0.15) is 5.51 Å². The summed E-state index contributed by atoms with van der Waals surface area (Å²) in [7, 11) is 0. The molecule has 1 N–H and O–H groups in total. The van der Waals surface area contributed by atoms with E-state index < -0.39 is 5.41 Å². The fraction of sp³-hybridized carbons (Fsp3) is 0.286. The van der Waals surface area contributed by atoms with Crippen LogP contribution in [-0.4, -0.2) is 40.0 Å². The number of carbonyl (C=O) groups excluding carboxylic acids is 2. The summed E-state index contributed by atoms with van der Waals surface area (Å²) in [6.45, 7) is 9.07. The van der Waals surface area contributed by atoms with Crippen molar-refractivity contribution in [1.82, 2.24) is 15.1 Å². The number of anilines is 1. The van der Waals surface area contributed by atoms with Crippen LogP contribution in [0.25, 0.3) is 10.4 Å². The summed E-state index contributed by atoms with van der Waals surface area (Å²) in [6.07, 6.45) is 0. The Hall–Kier alpha value is -3.07. The molecule has 0 radical (unpaired) electrons. The van der Waals surface area contributed by atoms with Gasteiger partial charge in [0.25, 0.3) is 5.91 Å². The number of nitrogens with one attached hydrogen (secondary N) is 1. The molecule has 0 fully saturated rings. The molecule has 37 heavy (non-hydrogen) atoms. The fourth-order valence-corrected chi connectivity index (χ4v) is 6.41. The van der Waals surface area contributed by atoms with E-state index in [0.717, 1.165) is 20.9 Å². The Morgan fingerprint density at radius 1 is 1.05 bits per heavy atom. The third-order valence-electron chi connectivity index (χ3n) is 6.47. The zero-order valence-corrected chi connectivity index (χ0v) is 23.6. The van der Waals surface area contributed by atoms with E-state index in [-0.39, 0.29) is 17.7 Å². The van der Waals surface area contributed by atoms with E-state index in [1.54, 1.807) is 27.8 Å². The molecule has 1 unspecified atom stereocenters. The summed E-state index contributed by atoms with van der Waals surface area (Å²) in [5, 5.41) is 11.6. The molecule has 0 spiro atoms. The molecule has 4 aromatic rings. The van der Waals surface area contributed by atoms with Crippen LogP contribution in [0.1, 0.15) is 54.4 Å². The third kappa shape index (κ3) is 5.76. The minimum absolute atomic E-state index is 0.0687. The number of hydrogen-bond acceptors (Lipinski definition) is 6. The average Bonchev–Trinajstić information content (AvgIpc) is 3.58. The summed E-state index contributed by atoms with van der Waals surface area (Å²) < 4.78 is 0. The number of thiophene rings is 1. The van der Waals surface area contributed by atoms with E-state index in [1.807, 2.05) is 64.1 Å². The molecule has 0 saturated carbocycles. The van der Waals surface area contributed by atoms with Crippen molar-refractivity contribution >= 4 is 51.2 Å². The minimum atomic E-state index is -0.785. The Morgan fingerprint density at radius 2 is 1.78 bits per heavy atom. The first-order valence-corrected chi connectivity index (χ1v) is 14.1. The number of halogens is 1. The highest BCUT2D eigenvalue weighted by molar-refractivity contribution is 7.15. The van der Waals surface area contributed by atoms with Gasteiger partial charge >= 0.3 is 0 Å². The van der Waals surface area contributed by atoms with E-state index in [1.165, 1.54) is 11.3 Å². The minimum Gasteiger partial charge on any atom is -0.339 e. The van der Waals surface area contributed by atoms with Crippen LogP contribution in [0.3, 0.4) is 0 Å². The molecule has 4 rings (SSSR count). The monoisotopic (exact) mass is 552 g/mol. The summed E-state index contributed by atoms with van der Waals surface area (Å²) in [5.41, 5.74) is 3.29. The SMILES string of the molecule is CCN(CC)C(=O)c1ccc(-c2ccc(C(c3ccccc3)C(C)(C)C(=O)Nc3nncs3)s2)cc1Cl. The van der Waals surface area contributed by atoms with Crippen molar-refractivity contribution in [3.8, 4) is 10.4 Å². The highest BCUT2D eigenvalue weighted by Crippen LogP contribution is 2.46. The topological polar surface area (TPSA) is 75.2 Å². The van der Waals surface area contributed by atoms with Crippen molar-refractivity contribution in [2.45, 2.75) is 33.6 Å². The van der Waals surface area contributed by atoms with Gasteiger partial charge < -0.3 is 10.2 Å². The predicted molar refractivity (Wildman–Crippen MR) is 153 cm³/mol. The van der Waals surface area contributed by atoms with Gasteiger partial charge in [0, 0.05) is 28.8 Å². The molecule has 0 bridgehead atoms. The number of rotatable bonds is 9. The normalized spacial score (nSPS) is 12.2. The molecule has 0 saturated heterocycles. The lowest BCUT2D eigenvalue weighted by Crippen LogP contribution is -2.36. The zero-order chi connectivity index (χ0) is 26.6. The first kappa shape index (κ1) is 27.0. The molecule has 2 aromatic carbocycles. The maximum Gasteiger partial charge on any atom is 0.255 e. The van der Waals surface area contributed by atoms with Crippen LogP contribution in [0.5, 0.6) is 0 Å². The van der Waals surface area contributed by atoms with Crippen molar-refractivity contribution in [3.05, 3.63) is 87.2 Å². The Kier molecular flexibility index (Phi) is 8.42. The fourth-order valence-electron chi connectivity index (χ4n) is 4.39. The van der Waals surface area contributed by atoms with Crippen molar-refractivity contribution in [1.29, 1.82) is 0 Å². The third-order valence-corrected chi connectivity index (χ3v) is 8.58. The van der Waals surface area contributed by atoms with Crippen LogP contribution in [0.2, 0.25) is 5.02 Å². The number of aromatic nitrogens is 2. The Bertz CT molecular complexity index is 1370. The van der Waals surface area contributed by atoms with Crippen LogP contribution >= 0.6 is 34.3 Å². The smallest absolute Gasteiger partial charge is 0.255 e. The van der Waals surface area contributed by atoms with Crippen molar-refractivity contribution < 1.29 is 9.59 Å². The molecule has 9 heteroatoms. The number of hydrogen-bond donors (Lipinski definition) is 1. The number of carbonyl (C=O) groups is 2. The van der Waals surface area contributed by atoms with Gasteiger partial charge in [0.15, 0.2) is 0 Å². The van der Waals surface area contributed by atoms with Gasteiger partial charge in [-0.05, 0) is 49.2 Å². The molecular formula is C28H29ClN4O2S2.